The first kappa shape index (κ1) is 19.5. The van der Waals surface area contributed by atoms with Crippen molar-refractivity contribution in [2.24, 2.45) is 5.73 Å². The number of piperidine rings is 1. The van der Waals surface area contributed by atoms with Gasteiger partial charge in [-0.25, -0.2) is 4.39 Å². The molecule has 1 heterocycles. The molecule has 1 aromatic rings. The summed E-state index contributed by atoms with van der Waals surface area (Å²) in [5.74, 6) is -1.34. The highest BCUT2D eigenvalue weighted by Gasteiger charge is 2.23. The summed E-state index contributed by atoms with van der Waals surface area (Å²) in [4.78, 5) is 13.8. The highest BCUT2D eigenvalue weighted by molar-refractivity contribution is 5.76. The number of nitrogens with two attached hydrogens (primary N) is 1. The molecule has 0 bridgehead atoms. The SMILES string of the molecule is NCCC(=O)NCC1CCCCN1Cc1ccc(OC(F)F)c(F)c1. The largest absolute Gasteiger partial charge is 0.432 e. The Morgan fingerprint density at radius 3 is 2.88 bits per heavy atom. The van der Waals surface area contributed by atoms with Crippen molar-refractivity contribution in [3.63, 3.8) is 0 Å². The lowest BCUT2D eigenvalue weighted by atomic mass is 10.0. The average Bonchev–Trinajstić information content (AvgIpc) is 2.56. The number of rotatable bonds is 8. The minimum atomic E-state index is -3.05. The Morgan fingerprint density at radius 2 is 2.20 bits per heavy atom. The lowest BCUT2D eigenvalue weighted by molar-refractivity contribution is -0.121. The summed E-state index contributed by atoms with van der Waals surface area (Å²) in [5, 5.41) is 2.87. The Balaban J connectivity index is 1.96. The first-order chi connectivity index (χ1) is 12.0. The molecule has 1 atom stereocenters. The van der Waals surface area contributed by atoms with Crippen LogP contribution < -0.4 is 15.8 Å². The summed E-state index contributed by atoms with van der Waals surface area (Å²) in [6, 6.07) is 4.18. The normalized spacial score (nSPS) is 18.4. The molecule has 1 aliphatic heterocycles. The molecule has 25 heavy (non-hydrogen) atoms. The fourth-order valence-electron chi connectivity index (χ4n) is 3.02. The number of amides is 1. The number of nitrogens with zero attached hydrogens (tertiary/aromatic N) is 1. The number of ether oxygens (including phenoxy) is 1. The molecule has 3 N–H and O–H groups in total. The van der Waals surface area contributed by atoms with Crippen molar-refractivity contribution < 1.29 is 22.7 Å². The number of likely N-dealkylation sites (tertiary alicyclic amines) is 1. The van der Waals surface area contributed by atoms with Crippen LogP contribution >= 0.6 is 0 Å². The molecule has 1 unspecified atom stereocenters. The Bertz CT molecular complexity index is 572. The highest BCUT2D eigenvalue weighted by atomic mass is 19.3. The molecule has 0 aliphatic carbocycles. The van der Waals surface area contributed by atoms with Gasteiger partial charge in [-0.05, 0) is 37.1 Å². The third kappa shape index (κ3) is 6.21. The van der Waals surface area contributed by atoms with Gasteiger partial charge in [-0.3, -0.25) is 9.69 Å². The van der Waals surface area contributed by atoms with Crippen LogP contribution in [0.25, 0.3) is 0 Å². The number of alkyl halides is 2. The van der Waals surface area contributed by atoms with E-state index < -0.39 is 18.2 Å². The third-order valence-corrected chi connectivity index (χ3v) is 4.25. The van der Waals surface area contributed by atoms with E-state index >= 15 is 0 Å². The van der Waals surface area contributed by atoms with Gasteiger partial charge in [-0.2, -0.15) is 8.78 Å². The van der Waals surface area contributed by atoms with Gasteiger partial charge in [0.15, 0.2) is 11.6 Å². The number of carbonyl (C=O) groups excluding carboxylic acids is 1. The third-order valence-electron chi connectivity index (χ3n) is 4.25. The van der Waals surface area contributed by atoms with E-state index in [0.29, 0.717) is 31.6 Å². The predicted octanol–water partition coefficient (Wildman–Crippen LogP) is 2.25. The maximum absolute atomic E-state index is 13.9. The van der Waals surface area contributed by atoms with Crippen LogP contribution in [0.5, 0.6) is 5.75 Å². The first-order valence-corrected chi connectivity index (χ1v) is 8.43. The fraction of sp³-hybridized carbons (Fsp3) is 0.588. The van der Waals surface area contributed by atoms with Gasteiger partial charge in [0.05, 0.1) is 0 Å². The molecule has 8 heteroatoms. The van der Waals surface area contributed by atoms with Crippen molar-refractivity contribution in [3.05, 3.63) is 29.6 Å². The van der Waals surface area contributed by atoms with E-state index in [4.69, 9.17) is 5.73 Å². The van der Waals surface area contributed by atoms with Gasteiger partial charge in [-0.1, -0.05) is 12.5 Å². The summed E-state index contributed by atoms with van der Waals surface area (Å²) < 4.78 is 42.4. The van der Waals surface area contributed by atoms with Gasteiger partial charge < -0.3 is 15.8 Å². The molecule has 2 rings (SSSR count). The minimum absolute atomic E-state index is 0.0763. The summed E-state index contributed by atoms with van der Waals surface area (Å²) in [5.41, 5.74) is 6.04. The van der Waals surface area contributed by atoms with Gasteiger partial charge >= 0.3 is 6.61 Å². The molecule has 1 amide bonds. The van der Waals surface area contributed by atoms with E-state index in [2.05, 4.69) is 15.0 Å². The van der Waals surface area contributed by atoms with Crippen LogP contribution in [0.1, 0.15) is 31.2 Å². The monoisotopic (exact) mass is 359 g/mol. The maximum Gasteiger partial charge on any atom is 0.387 e. The molecule has 5 nitrogen and oxygen atoms in total. The zero-order chi connectivity index (χ0) is 18.2. The fourth-order valence-corrected chi connectivity index (χ4v) is 3.02. The number of halogens is 3. The van der Waals surface area contributed by atoms with Crippen molar-refractivity contribution in [3.8, 4) is 5.75 Å². The minimum Gasteiger partial charge on any atom is -0.432 e. The molecule has 1 aromatic carbocycles. The molecule has 0 aromatic heterocycles. The van der Waals surface area contributed by atoms with Crippen LogP contribution in [0.15, 0.2) is 18.2 Å². The average molecular weight is 359 g/mol. The zero-order valence-electron chi connectivity index (χ0n) is 14.0. The smallest absolute Gasteiger partial charge is 0.387 e. The zero-order valence-corrected chi connectivity index (χ0v) is 14.0. The Labute approximate surface area is 145 Å². The Kier molecular flexibility index (Phi) is 7.52. The van der Waals surface area contributed by atoms with Crippen molar-refractivity contribution in [2.45, 2.75) is 44.9 Å². The summed E-state index contributed by atoms with van der Waals surface area (Å²) >= 11 is 0. The number of benzene rings is 1. The number of nitrogens with one attached hydrogen (secondary N) is 1. The standard InChI is InChI=1S/C17H24F3N3O2/c18-14-9-12(4-5-15(14)25-17(19)20)11-23-8-2-1-3-13(23)10-22-16(24)6-7-21/h4-5,9,13,17H,1-3,6-8,10-11,21H2,(H,22,24). The van der Waals surface area contributed by atoms with Crippen LogP contribution in [-0.4, -0.2) is 43.1 Å². The van der Waals surface area contributed by atoms with Gasteiger partial charge in [0.2, 0.25) is 5.91 Å². The van der Waals surface area contributed by atoms with Crippen molar-refractivity contribution >= 4 is 5.91 Å². The second-order valence-corrected chi connectivity index (χ2v) is 6.11. The molecular weight excluding hydrogens is 335 g/mol. The van der Waals surface area contributed by atoms with Crippen LogP contribution in [0.4, 0.5) is 13.2 Å². The van der Waals surface area contributed by atoms with Crippen LogP contribution in [0, 0.1) is 5.82 Å². The topological polar surface area (TPSA) is 67.6 Å². The number of carbonyl (C=O) groups is 1. The van der Waals surface area contributed by atoms with Gasteiger partial charge in [0, 0.05) is 32.1 Å². The van der Waals surface area contributed by atoms with E-state index in [1.165, 1.54) is 12.1 Å². The summed E-state index contributed by atoms with van der Waals surface area (Å²) in [6.45, 7) is -0.887. The van der Waals surface area contributed by atoms with Crippen molar-refractivity contribution in [2.75, 3.05) is 19.6 Å². The first-order valence-electron chi connectivity index (χ1n) is 8.43. The number of hydrogen-bond acceptors (Lipinski definition) is 4. The Morgan fingerprint density at radius 1 is 1.40 bits per heavy atom. The second-order valence-electron chi connectivity index (χ2n) is 6.11. The lowest BCUT2D eigenvalue weighted by Crippen LogP contribution is -2.46. The van der Waals surface area contributed by atoms with Gasteiger partial charge in [0.1, 0.15) is 0 Å². The molecule has 0 spiro atoms. The molecule has 1 saturated heterocycles. The van der Waals surface area contributed by atoms with E-state index in [1.54, 1.807) is 6.07 Å². The molecular formula is C17H24F3N3O2. The second kappa shape index (κ2) is 9.62. The predicted molar refractivity (Wildman–Crippen MR) is 87.8 cm³/mol. The van der Waals surface area contributed by atoms with E-state index in [9.17, 15) is 18.0 Å². The van der Waals surface area contributed by atoms with Crippen LogP contribution in [0.3, 0.4) is 0 Å². The molecule has 0 saturated carbocycles. The van der Waals surface area contributed by atoms with Crippen LogP contribution in [0.2, 0.25) is 0 Å². The van der Waals surface area contributed by atoms with Crippen LogP contribution in [-0.2, 0) is 11.3 Å². The summed E-state index contributed by atoms with van der Waals surface area (Å²) in [6.07, 6.45) is 3.34. The maximum atomic E-state index is 13.9. The molecule has 1 aliphatic rings. The van der Waals surface area contributed by atoms with Crippen molar-refractivity contribution in [1.82, 2.24) is 10.2 Å². The van der Waals surface area contributed by atoms with E-state index in [-0.39, 0.29) is 11.9 Å². The molecule has 0 radical (unpaired) electrons. The van der Waals surface area contributed by atoms with E-state index in [1.807, 2.05) is 0 Å². The lowest BCUT2D eigenvalue weighted by Gasteiger charge is -2.36. The number of hydrogen-bond donors (Lipinski definition) is 2. The summed E-state index contributed by atoms with van der Waals surface area (Å²) in [7, 11) is 0. The van der Waals surface area contributed by atoms with Crippen molar-refractivity contribution in [1.29, 1.82) is 0 Å². The Hall–Kier alpha value is -1.80. The van der Waals surface area contributed by atoms with Gasteiger partial charge in [0.25, 0.3) is 0 Å². The molecule has 1 fully saturated rings. The van der Waals surface area contributed by atoms with E-state index in [0.717, 1.165) is 25.8 Å². The highest BCUT2D eigenvalue weighted by Crippen LogP contribution is 2.24. The quantitative estimate of drug-likeness (QED) is 0.747. The van der Waals surface area contributed by atoms with Gasteiger partial charge in [-0.15, -0.1) is 0 Å². The molecule has 140 valence electrons.